The van der Waals surface area contributed by atoms with Gasteiger partial charge in [0.05, 0.1) is 0 Å². The first-order chi connectivity index (χ1) is 9.74. The van der Waals surface area contributed by atoms with Crippen LogP contribution >= 0.6 is 11.6 Å². The molecule has 1 aromatic heterocycles. The van der Waals surface area contributed by atoms with E-state index in [2.05, 4.69) is 35.4 Å². The Labute approximate surface area is 123 Å². The number of halogens is 1. The van der Waals surface area contributed by atoms with E-state index in [1.807, 2.05) is 42.7 Å². The minimum absolute atomic E-state index is 0.187. The molecular formula is C17H15ClN2. The molecule has 1 atom stereocenters. The van der Waals surface area contributed by atoms with Crippen molar-refractivity contribution in [3.63, 3.8) is 0 Å². The zero-order chi connectivity index (χ0) is 13.9. The number of benzene rings is 2. The summed E-state index contributed by atoms with van der Waals surface area (Å²) in [6, 6.07) is 16.3. The fourth-order valence-electron chi connectivity index (χ4n) is 2.34. The van der Waals surface area contributed by atoms with Crippen molar-refractivity contribution in [2.75, 3.05) is 5.32 Å². The predicted octanol–water partition coefficient (Wildman–Crippen LogP) is 5.06. The summed E-state index contributed by atoms with van der Waals surface area (Å²) in [7, 11) is 0. The van der Waals surface area contributed by atoms with Crippen LogP contribution in [0.25, 0.3) is 10.8 Å². The van der Waals surface area contributed by atoms with Crippen molar-refractivity contribution >= 4 is 28.1 Å². The number of pyridine rings is 1. The lowest BCUT2D eigenvalue weighted by Gasteiger charge is -2.17. The standard InChI is InChI=1S/C17H15ClN2/c1-12(13-4-2-6-15(18)10-13)20-17-7-3-5-14-11-19-9-8-16(14)17/h2-12,20H,1H3. The van der Waals surface area contributed by atoms with Crippen LogP contribution in [0.5, 0.6) is 0 Å². The molecule has 0 amide bonds. The summed E-state index contributed by atoms with van der Waals surface area (Å²) in [4.78, 5) is 4.16. The Bertz CT molecular complexity index is 734. The Morgan fingerprint density at radius 1 is 1.10 bits per heavy atom. The highest BCUT2D eigenvalue weighted by atomic mass is 35.5. The summed E-state index contributed by atoms with van der Waals surface area (Å²) in [5.74, 6) is 0. The van der Waals surface area contributed by atoms with Crippen LogP contribution < -0.4 is 5.32 Å². The molecule has 1 unspecified atom stereocenters. The fourth-order valence-corrected chi connectivity index (χ4v) is 2.54. The lowest BCUT2D eigenvalue weighted by molar-refractivity contribution is 0.887. The quantitative estimate of drug-likeness (QED) is 0.726. The maximum absolute atomic E-state index is 6.05. The Morgan fingerprint density at radius 3 is 2.80 bits per heavy atom. The average Bonchev–Trinajstić information content (AvgIpc) is 2.47. The van der Waals surface area contributed by atoms with Crippen LogP contribution in [0.2, 0.25) is 5.02 Å². The summed E-state index contributed by atoms with van der Waals surface area (Å²) >= 11 is 6.05. The second kappa shape index (κ2) is 5.51. The molecule has 3 heteroatoms. The minimum Gasteiger partial charge on any atom is -0.378 e. The van der Waals surface area contributed by atoms with Crippen LogP contribution in [0.3, 0.4) is 0 Å². The van der Waals surface area contributed by atoms with Crippen molar-refractivity contribution in [1.29, 1.82) is 0 Å². The number of anilines is 1. The molecule has 0 bridgehead atoms. The molecule has 2 nitrogen and oxygen atoms in total. The van der Waals surface area contributed by atoms with Gasteiger partial charge in [-0.05, 0) is 36.8 Å². The van der Waals surface area contributed by atoms with Crippen LogP contribution in [0.4, 0.5) is 5.69 Å². The molecule has 3 aromatic rings. The molecule has 3 rings (SSSR count). The van der Waals surface area contributed by atoms with Gasteiger partial charge in [0.2, 0.25) is 0 Å². The summed E-state index contributed by atoms with van der Waals surface area (Å²) in [5, 5.41) is 6.62. The van der Waals surface area contributed by atoms with Gasteiger partial charge in [0.1, 0.15) is 0 Å². The van der Waals surface area contributed by atoms with Gasteiger partial charge < -0.3 is 5.32 Å². The van der Waals surface area contributed by atoms with E-state index in [9.17, 15) is 0 Å². The molecule has 100 valence electrons. The lowest BCUT2D eigenvalue weighted by atomic mass is 10.1. The number of hydrogen-bond donors (Lipinski definition) is 1. The average molecular weight is 283 g/mol. The van der Waals surface area contributed by atoms with Gasteiger partial charge in [0.25, 0.3) is 0 Å². The zero-order valence-electron chi connectivity index (χ0n) is 11.2. The second-order valence-electron chi connectivity index (χ2n) is 4.82. The Hall–Kier alpha value is -2.06. The van der Waals surface area contributed by atoms with E-state index in [0.717, 1.165) is 16.1 Å². The van der Waals surface area contributed by atoms with Crippen LogP contribution in [-0.2, 0) is 0 Å². The predicted molar refractivity (Wildman–Crippen MR) is 85.2 cm³/mol. The van der Waals surface area contributed by atoms with Crippen LogP contribution in [0.1, 0.15) is 18.5 Å². The summed E-state index contributed by atoms with van der Waals surface area (Å²) < 4.78 is 0. The third-order valence-electron chi connectivity index (χ3n) is 3.40. The lowest BCUT2D eigenvalue weighted by Crippen LogP contribution is -2.06. The van der Waals surface area contributed by atoms with Crippen molar-refractivity contribution in [3.05, 3.63) is 71.5 Å². The Kier molecular flexibility index (Phi) is 3.57. The third-order valence-corrected chi connectivity index (χ3v) is 3.64. The number of aromatic nitrogens is 1. The molecule has 1 heterocycles. The number of nitrogens with one attached hydrogen (secondary N) is 1. The molecule has 0 fully saturated rings. The monoisotopic (exact) mass is 282 g/mol. The van der Waals surface area contributed by atoms with Crippen LogP contribution in [0, 0.1) is 0 Å². The molecule has 0 radical (unpaired) electrons. The van der Waals surface area contributed by atoms with Crippen molar-refractivity contribution in [2.45, 2.75) is 13.0 Å². The molecule has 20 heavy (non-hydrogen) atoms. The maximum Gasteiger partial charge on any atom is 0.0486 e. The topological polar surface area (TPSA) is 24.9 Å². The van der Waals surface area contributed by atoms with E-state index in [4.69, 9.17) is 11.6 Å². The molecular weight excluding hydrogens is 268 g/mol. The summed E-state index contributed by atoms with van der Waals surface area (Å²) in [6.45, 7) is 2.13. The Morgan fingerprint density at radius 2 is 1.95 bits per heavy atom. The van der Waals surface area contributed by atoms with E-state index in [-0.39, 0.29) is 6.04 Å². The smallest absolute Gasteiger partial charge is 0.0486 e. The summed E-state index contributed by atoms with van der Waals surface area (Å²) in [6.07, 6.45) is 3.70. The van der Waals surface area contributed by atoms with Gasteiger partial charge in [-0.25, -0.2) is 0 Å². The van der Waals surface area contributed by atoms with Gasteiger partial charge in [0, 0.05) is 39.9 Å². The maximum atomic E-state index is 6.05. The third kappa shape index (κ3) is 2.61. The van der Waals surface area contributed by atoms with Crippen LogP contribution in [0.15, 0.2) is 60.9 Å². The van der Waals surface area contributed by atoms with E-state index >= 15 is 0 Å². The molecule has 0 aliphatic heterocycles. The van der Waals surface area contributed by atoms with Gasteiger partial charge in [0.15, 0.2) is 0 Å². The molecule has 0 spiro atoms. The molecule has 0 aliphatic rings. The molecule has 1 N–H and O–H groups in total. The van der Waals surface area contributed by atoms with E-state index in [0.29, 0.717) is 0 Å². The van der Waals surface area contributed by atoms with Gasteiger partial charge in [-0.1, -0.05) is 35.9 Å². The largest absolute Gasteiger partial charge is 0.378 e. The van der Waals surface area contributed by atoms with Crippen molar-refractivity contribution in [2.24, 2.45) is 0 Å². The zero-order valence-corrected chi connectivity index (χ0v) is 11.9. The first kappa shape index (κ1) is 12.9. The summed E-state index contributed by atoms with van der Waals surface area (Å²) in [5.41, 5.74) is 2.28. The van der Waals surface area contributed by atoms with Gasteiger partial charge in [-0.2, -0.15) is 0 Å². The number of hydrogen-bond acceptors (Lipinski definition) is 2. The van der Waals surface area contributed by atoms with E-state index < -0.39 is 0 Å². The number of rotatable bonds is 3. The highest BCUT2D eigenvalue weighted by Gasteiger charge is 2.07. The van der Waals surface area contributed by atoms with Gasteiger partial charge in [-0.15, -0.1) is 0 Å². The normalized spacial score (nSPS) is 12.3. The SMILES string of the molecule is CC(Nc1cccc2cnccc12)c1cccc(Cl)c1. The number of nitrogens with zero attached hydrogens (tertiary/aromatic N) is 1. The fraction of sp³-hybridized carbons (Fsp3) is 0.118. The first-order valence-corrected chi connectivity index (χ1v) is 6.96. The van der Waals surface area contributed by atoms with Crippen molar-refractivity contribution in [1.82, 2.24) is 4.98 Å². The molecule has 2 aromatic carbocycles. The highest BCUT2D eigenvalue weighted by molar-refractivity contribution is 6.30. The highest BCUT2D eigenvalue weighted by Crippen LogP contribution is 2.27. The second-order valence-corrected chi connectivity index (χ2v) is 5.26. The molecule has 0 saturated heterocycles. The van der Waals surface area contributed by atoms with Crippen molar-refractivity contribution in [3.8, 4) is 0 Å². The first-order valence-electron chi connectivity index (χ1n) is 6.59. The number of fused-ring (bicyclic) bond motifs is 1. The molecule has 0 saturated carbocycles. The Balaban J connectivity index is 1.93. The van der Waals surface area contributed by atoms with Gasteiger partial charge >= 0.3 is 0 Å². The van der Waals surface area contributed by atoms with E-state index in [1.165, 1.54) is 10.9 Å². The van der Waals surface area contributed by atoms with Gasteiger partial charge in [-0.3, -0.25) is 4.98 Å². The molecule has 0 aliphatic carbocycles. The van der Waals surface area contributed by atoms with Crippen LogP contribution in [-0.4, -0.2) is 4.98 Å². The van der Waals surface area contributed by atoms with E-state index in [1.54, 1.807) is 0 Å². The van der Waals surface area contributed by atoms with Crippen molar-refractivity contribution < 1.29 is 0 Å². The minimum atomic E-state index is 0.187.